The zero-order valence-corrected chi connectivity index (χ0v) is 12.1. The second-order valence-corrected chi connectivity index (χ2v) is 5.98. The van der Waals surface area contributed by atoms with Crippen LogP contribution in [0.1, 0.15) is 23.4 Å². The fourth-order valence-electron chi connectivity index (χ4n) is 2.26. The summed E-state index contributed by atoms with van der Waals surface area (Å²) in [6.45, 7) is 3.48. The van der Waals surface area contributed by atoms with Crippen molar-refractivity contribution < 1.29 is 4.79 Å². The standard InChI is InChI=1S/C14H16N4OS/c1-10-16-17-14(20-10)15-9-11-4-6-12(7-5-11)18-8-2-3-13(18)19/h4-7H,2-3,8-9H2,1H3,(H,15,17). The third-order valence-electron chi connectivity index (χ3n) is 3.29. The Hall–Kier alpha value is -1.95. The summed E-state index contributed by atoms with van der Waals surface area (Å²) in [6, 6.07) is 8.10. The van der Waals surface area contributed by atoms with Gasteiger partial charge in [-0.1, -0.05) is 23.5 Å². The fraction of sp³-hybridized carbons (Fsp3) is 0.357. The number of carbonyl (C=O) groups excluding carboxylic acids is 1. The number of amides is 1. The minimum Gasteiger partial charge on any atom is -0.356 e. The second-order valence-electron chi connectivity index (χ2n) is 4.80. The van der Waals surface area contributed by atoms with Gasteiger partial charge in [-0.3, -0.25) is 4.79 Å². The van der Waals surface area contributed by atoms with Crippen molar-refractivity contribution in [2.24, 2.45) is 0 Å². The Morgan fingerprint density at radius 3 is 2.70 bits per heavy atom. The van der Waals surface area contributed by atoms with Crippen molar-refractivity contribution in [2.45, 2.75) is 26.3 Å². The van der Waals surface area contributed by atoms with E-state index in [4.69, 9.17) is 0 Å². The maximum Gasteiger partial charge on any atom is 0.227 e. The average Bonchev–Trinajstić information content (AvgIpc) is 3.06. The number of aromatic nitrogens is 2. The van der Waals surface area contributed by atoms with Crippen LogP contribution in [0.25, 0.3) is 0 Å². The summed E-state index contributed by atoms with van der Waals surface area (Å²) in [5.74, 6) is 0.222. The lowest BCUT2D eigenvalue weighted by Crippen LogP contribution is -2.23. The van der Waals surface area contributed by atoms with Gasteiger partial charge in [0, 0.05) is 25.2 Å². The maximum atomic E-state index is 11.7. The number of nitrogens with one attached hydrogen (secondary N) is 1. The molecule has 1 aliphatic rings. The van der Waals surface area contributed by atoms with Crippen molar-refractivity contribution in [1.82, 2.24) is 10.2 Å². The average molecular weight is 288 g/mol. The topological polar surface area (TPSA) is 58.1 Å². The number of hydrogen-bond donors (Lipinski definition) is 1. The summed E-state index contributed by atoms with van der Waals surface area (Å²) in [6.07, 6.45) is 1.62. The Labute approximate surface area is 121 Å². The first-order valence-electron chi connectivity index (χ1n) is 6.66. The number of aryl methyl sites for hydroxylation is 1. The molecular formula is C14H16N4OS. The first-order chi connectivity index (χ1) is 9.72. The van der Waals surface area contributed by atoms with Crippen molar-refractivity contribution in [3.63, 3.8) is 0 Å². The van der Waals surface area contributed by atoms with Gasteiger partial charge in [0.2, 0.25) is 11.0 Å². The quantitative estimate of drug-likeness (QED) is 0.939. The minimum atomic E-state index is 0.222. The van der Waals surface area contributed by atoms with Gasteiger partial charge in [0.15, 0.2) is 0 Å². The lowest BCUT2D eigenvalue weighted by molar-refractivity contribution is -0.117. The Bertz CT molecular complexity index is 608. The summed E-state index contributed by atoms with van der Waals surface area (Å²) >= 11 is 1.54. The molecule has 2 aromatic rings. The van der Waals surface area contributed by atoms with Gasteiger partial charge < -0.3 is 10.2 Å². The molecule has 2 heterocycles. The van der Waals surface area contributed by atoms with Gasteiger partial charge in [0.25, 0.3) is 0 Å². The summed E-state index contributed by atoms with van der Waals surface area (Å²) in [5, 5.41) is 13.0. The number of anilines is 2. The van der Waals surface area contributed by atoms with Crippen LogP contribution in [0.3, 0.4) is 0 Å². The van der Waals surface area contributed by atoms with Gasteiger partial charge in [-0.15, -0.1) is 10.2 Å². The van der Waals surface area contributed by atoms with Crippen molar-refractivity contribution in [2.75, 3.05) is 16.8 Å². The van der Waals surface area contributed by atoms with E-state index >= 15 is 0 Å². The molecule has 3 rings (SSSR count). The second kappa shape index (κ2) is 5.58. The van der Waals surface area contributed by atoms with Crippen LogP contribution >= 0.6 is 11.3 Å². The molecule has 0 unspecified atom stereocenters. The molecule has 0 aliphatic carbocycles. The molecule has 1 fully saturated rings. The van der Waals surface area contributed by atoms with Gasteiger partial charge in [-0.25, -0.2) is 0 Å². The molecule has 5 nitrogen and oxygen atoms in total. The van der Waals surface area contributed by atoms with E-state index in [0.29, 0.717) is 13.0 Å². The molecule has 20 heavy (non-hydrogen) atoms. The van der Waals surface area contributed by atoms with Gasteiger partial charge >= 0.3 is 0 Å². The predicted octanol–water partition coefficient (Wildman–Crippen LogP) is 2.59. The van der Waals surface area contributed by atoms with Crippen LogP contribution in [0.5, 0.6) is 0 Å². The number of nitrogens with zero attached hydrogens (tertiary/aromatic N) is 3. The van der Waals surface area contributed by atoms with Crippen LogP contribution < -0.4 is 10.2 Å². The first kappa shape index (κ1) is 13.1. The maximum absolute atomic E-state index is 11.7. The summed E-state index contributed by atoms with van der Waals surface area (Å²) in [4.78, 5) is 13.5. The van der Waals surface area contributed by atoms with Gasteiger partial charge in [0.05, 0.1) is 0 Å². The number of benzene rings is 1. The van der Waals surface area contributed by atoms with Gasteiger partial charge in [0.1, 0.15) is 5.01 Å². The van der Waals surface area contributed by atoms with E-state index in [1.807, 2.05) is 36.1 Å². The highest BCUT2D eigenvalue weighted by molar-refractivity contribution is 7.15. The highest BCUT2D eigenvalue weighted by Crippen LogP contribution is 2.22. The molecular weight excluding hydrogens is 272 g/mol. The fourth-order valence-corrected chi connectivity index (χ4v) is 2.85. The van der Waals surface area contributed by atoms with Crippen molar-refractivity contribution in [3.05, 3.63) is 34.8 Å². The third kappa shape index (κ3) is 2.80. The van der Waals surface area contributed by atoms with Crippen molar-refractivity contribution in [1.29, 1.82) is 0 Å². The van der Waals surface area contributed by atoms with E-state index in [0.717, 1.165) is 34.4 Å². The van der Waals surface area contributed by atoms with Gasteiger partial charge in [-0.05, 0) is 31.0 Å². The van der Waals surface area contributed by atoms with Gasteiger partial charge in [-0.2, -0.15) is 0 Å². The first-order valence-corrected chi connectivity index (χ1v) is 7.47. The molecule has 0 spiro atoms. The summed E-state index contributed by atoms with van der Waals surface area (Å²) in [5.41, 5.74) is 2.15. The molecule has 1 aromatic heterocycles. The molecule has 1 saturated heterocycles. The molecule has 0 bridgehead atoms. The highest BCUT2D eigenvalue weighted by atomic mass is 32.1. The lowest BCUT2D eigenvalue weighted by Gasteiger charge is -2.15. The van der Waals surface area contributed by atoms with E-state index in [2.05, 4.69) is 15.5 Å². The Morgan fingerprint density at radius 2 is 2.10 bits per heavy atom. The van der Waals surface area contributed by atoms with Crippen LogP contribution in [-0.4, -0.2) is 22.6 Å². The van der Waals surface area contributed by atoms with Crippen molar-refractivity contribution in [3.8, 4) is 0 Å². The molecule has 1 amide bonds. The molecule has 1 N–H and O–H groups in total. The Balaban J connectivity index is 1.62. The van der Waals surface area contributed by atoms with Crippen LogP contribution in [-0.2, 0) is 11.3 Å². The number of carbonyl (C=O) groups is 1. The van der Waals surface area contributed by atoms with Crippen LogP contribution in [0.2, 0.25) is 0 Å². The molecule has 6 heteroatoms. The third-order valence-corrected chi connectivity index (χ3v) is 4.09. The molecule has 1 aliphatic heterocycles. The monoisotopic (exact) mass is 288 g/mol. The van der Waals surface area contributed by atoms with Crippen LogP contribution in [0.4, 0.5) is 10.8 Å². The molecule has 0 radical (unpaired) electrons. The van der Waals surface area contributed by atoms with E-state index < -0.39 is 0 Å². The Morgan fingerprint density at radius 1 is 1.30 bits per heavy atom. The smallest absolute Gasteiger partial charge is 0.227 e. The molecule has 0 atom stereocenters. The SMILES string of the molecule is Cc1nnc(NCc2ccc(N3CCCC3=O)cc2)s1. The predicted molar refractivity (Wildman–Crippen MR) is 80.0 cm³/mol. The normalized spacial score (nSPS) is 14.8. The molecule has 104 valence electrons. The van der Waals surface area contributed by atoms with Crippen molar-refractivity contribution >= 4 is 28.1 Å². The minimum absolute atomic E-state index is 0.222. The van der Waals surface area contributed by atoms with Crippen LogP contribution in [0, 0.1) is 6.92 Å². The summed E-state index contributed by atoms with van der Waals surface area (Å²) in [7, 11) is 0. The zero-order chi connectivity index (χ0) is 13.9. The van der Waals surface area contributed by atoms with E-state index in [1.54, 1.807) is 11.3 Å². The Kier molecular flexibility index (Phi) is 3.64. The van der Waals surface area contributed by atoms with E-state index in [-0.39, 0.29) is 5.91 Å². The molecule has 0 saturated carbocycles. The number of hydrogen-bond acceptors (Lipinski definition) is 5. The lowest BCUT2D eigenvalue weighted by atomic mass is 10.2. The molecule has 1 aromatic carbocycles. The largest absolute Gasteiger partial charge is 0.356 e. The van der Waals surface area contributed by atoms with E-state index in [1.165, 1.54) is 0 Å². The zero-order valence-electron chi connectivity index (χ0n) is 11.3. The van der Waals surface area contributed by atoms with Crippen LogP contribution in [0.15, 0.2) is 24.3 Å². The van der Waals surface area contributed by atoms with E-state index in [9.17, 15) is 4.79 Å². The number of rotatable bonds is 4. The highest BCUT2D eigenvalue weighted by Gasteiger charge is 2.21. The summed E-state index contributed by atoms with van der Waals surface area (Å²) < 4.78 is 0.